The minimum absolute atomic E-state index is 0.212. The van der Waals surface area contributed by atoms with Gasteiger partial charge < -0.3 is 14.6 Å². The topological polar surface area (TPSA) is 90.5 Å². The quantitative estimate of drug-likeness (QED) is 0.403. The average molecular weight is 460 g/mol. The summed E-state index contributed by atoms with van der Waals surface area (Å²) in [7, 11) is 1.59. The van der Waals surface area contributed by atoms with E-state index in [0.29, 0.717) is 42.1 Å². The van der Waals surface area contributed by atoms with E-state index in [1.54, 1.807) is 53.6 Å². The highest BCUT2D eigenvalue weighted by Crippen LogP contribution is 2.23. The maximum absolute atomic E-state index is 13.2. The normalized spacial score (nSPS) is 11.3. The van der Waals surface area contributed by atoms with E-state index in [1.807, 2.05) is 35.7 Å². The number of aromatic nitrogens is 4. The van der Waals surface area contributed by atoms with Crippen LogP contribution in [0.4, 0.5) is 0 Å². The molecular weight excluding hydrogens is 438 g/mol. The number of pyridine rings is 2. The fraction of sp³-hybridized carbons (Fsp3) is 0.167. The average Bonchev–Trinajstić information content (AvgIpc) is 3.50. The van der Waals surface area contributed by atoms with E-state index in [2.05, 4.69) is 15.3 Å². The molecular formula is C24H21N5O3S. The van der Waals surface area contributed by atoms with Gasteiger partial charge in [0, 0.05) is 32.6 Å². The first-order chi connectivity index (χ1) is 16.2. The van der Waals surface area contributed by atoms with Gasteiger partial charge in [0.05, 0.1) is 22.6 Å². The number of hydrogen-bond donors (Lipinski definition) is 1. The van der Waals surface area contributed by atoms with Gasteiger partial charge in [0.25, 0.3) is 11.5 Å². The third kappa shape index (κ3) is 4.04. The molecule has 0 bridgehead atoms. The number of rotatable bonds is 7. The Balaban J connectivity index is 1.47. The van der Waals surface area contributed by atoms with Crippen molar-refractivity contribution in [2.45, 2.75) is 13.1 Å². The van der Waals surface area contributed by atoms with Gasteiger partial charge in [0.2, 0.25) is 0 Å². The molecule has 0 atom stereocenters. The van der Waals surface area contributed by atoms with Crippen LogP contribution in [0.15, 0.2) is 71.1 Å². The summed E-state index contributed by atoms with van der Waals surface area (Å²) < 4.78 is 8.45. The number of ether oxygens (including phenoxy) is 1. The molecule has 166 valence electrons. The second kappa shape index (κ2) is 8.97. The molecule has 0 saturated heterocycles. The third-order valence-corrected chi connectivity index (χ3v) is 6.27. The first-order valence-corrected chi connectivity index (χ1v) is 11.3. The van der Waals surface area contributed by atoms with Crippen LogP contribution in [0.3, 0.4) is 0 Å². The van der Waals surface area contributed by atoms with E-state index in [1.165, 1.54) is 4.40 Å². The number of thiophene rings is 1. The minimum atomic E-state index is -0.285. The van der Waals surface area contributed by atoms with E-state index in [9.17, 15) is 9.59 Å². The Morgan fingerprint density at radius 3 is 2.91 bits per heavy atom. The van der Waals surface area contributed by atoms with Crippen molar-refractivity contribution in [2.24, 2.45) is 0 Å². The SMILES string of the molecule is COCCn1c(C(=O)NCc2ccnc(-c3cccs3)c2)cc2c(=O)n3ccccc3nc21. The number of carbonyl (C=O) groups excluding carboxylic acids is 1. The van der Waals surface area contributed by atoms with Gasteiger partial charge >= 0.3 is 0 Å². The highest BCUT2D eigenvalue weighted by molar-refractivity contribution is 7.13. The number of hydrogen-bond acceptors (Lipinski definition) is 6. The number of nitrogens with one attached hydrogen (secondary N) is 1. The molecule has 0 aromatic carbocycles. The summed E-state index contributed by atoms with van der Waals surface area (Å²) in [5.74, 6) is -0.285. The van der Waals surface area contributed by atoms with Crippen LogP contribution in [0.2, 0.25) is 0 Å². The lowest BCUT2D eigenvalue weighted by molar-refractivity contribution is 0.0939. The zero-order valence-electron chi connectivity index (χ0n) is 17.9. The highest BCUT2D eigenvalue weighted by Gasteiger charge is 2.19. The smallest absolute Gasteiger partial charge is 0.268 e. The lowest BCUT2D eigenvalue weighted by atomic mass is 10.2. The summed E-state index contributed by atoms with van der Waals surface area (Å²) in [6, 6.07) is 14.8. The van der Waals surface area contributed by atoms with E-state index >= 15 is 0 Å². The van der Waals surface area contributed by atoms with Gasteiger partial charge in [-0.05, 0) is 47.3 Å². The molecule has 0 unspecified atom stereocenters. The van der Waals surface area contributed by atoms with Crippen molar-refractivity contribution in [2.75, 3.05) is 13.7 Å². The second-order valence-electron chi connectivity index (χ2n) is 7.47. The van der Waals surface area contributed by atoms with E-state index in [4.69, 9.17) is 4.74 Å². The number of methoxy groups -OCH3 is 1. The molecule has 0 aliphatic carbocycles. The van der Waals surface area contributed by atoms with Crippen LogP contribution in [0.1, 0.15) is 16.1 Å². The van der Waals surface area contributed by atoms with Gasteiger partial charge in [-0.25, -0.2) is 4.98 Å². The lowest BCUT2D eigenvalue weighted by Crippen LogP contribution is -2.26. The minimum Gasteiger partial charge on any atom is -0.383 e. The van der Waals surface area contributed by atoms with E-state index in [-0.39, 0.29) is 11.5 Å². The molecule has 5 aromatic heterocycles. The predicted molar refractivity (Wildman–Crippen MR) is 128 cm³/mol. The third-order valence-electron chi connectivity index (χ3n) is 5.38. The summed E-state index contributed by atoms with van der Waals surface area (Å²) in [6.45, 7) is 1.12. The Kier molecular flexibility index (Phi) is 5.72. The predicted octanol–water partition coefficient (Wildman–Crippen LogP) is 3.35. The molecule has 1 N–H and O–H groups in total. The summed E-state index contributed by atoms with van der Waals surface area (Å²) in [4.78, 5) is 36.3. The Labute approximate surface area is 193 Å². The van der Waals surface area contributed by atoms with Crippen LogP contribution in [0, 0.1) is 0 Å². The van der Waals surface area contributed by atoms with Gasteiger partial charge in [0.1, 0.15) is 17.0 Å². The second-order valence-corrected chi connectivity index (χ2v) is 8.41. The molecule has 9 heteroatoms. The van der Waals surface area contributed by atoms with Gasteiger partial charge in [-0.1, -0.05) is 12.1 Å². The highest BCUT2D eigenvalue weighted by atomic mass is 32.1. The van der Waals surface area contributed by atoms with Crippen LogP contribution in [-0.2, 0) is 17.8 Å². The van der Waals surface area contributed by atoms with Crippen LogP contribution in [-0.4, -0.2) is 38.6 Å². The first-order valence-electron chi connectivity index (χ1n) is 10.4. The molecule has 5 heterocycles. The van der Waals surface area contributed by atoms with Crippen molar-refractivity contribution < 1.29 is 9.53 Å². The standard InChI is InChI=1S/C24H21N5O3S/c1-32-11-10-28-19(14-17-22(28)27-21-6-2-3-9-29(21)24(17)31)23(30)26-15-16-7-8-25-18(13-16)20-5-4-12-33-20/h2-9,12-14H,10-11,15H2,1H3,(H,26,30). The fourth-order valence-electron chi connectivity index (χ4n) is 3.77. The van der Waals surface area contributed by atoms with Crippen molar-refractivity contribution in [3.63, 3.8) is 0 Å². The number of carbonyl (C=O) groups is 1. The van der Waals surface area contributed by atoms with E-state index in [0.717, 1.165) is 16.1 Å². The molecule has 0 aliphatic rings. The fourth-order valence-corrected chi connectivity index (χ4v) is 4.46. The molecule has 0 spiro atoms. The van der Waals surface area contributed by atoms with Crippen LogP contribution >= 0.6 is 11.3 Å². The molecule has 5 rings (SSSR count). The number of amides is 1. The summed E-state index contributed by atoms with van der Waals surface area (Å²) in [5.41, 5.74) is 2.96. The Morgan fingerprint density at radius 1 is 1.18 bits per heavy atom. The number of fused-ring (bicyclic) bond motifs is 2. The van der Waals surface area contributed by atoms with Crippen LogP contribution in [0.5, 0.6) is 0 Å². The summed E-state index contributed by atoms with van der Waals surface area (Å²) in [5, 5.41) is 5.36. The number of nitrogens with zero attached hydrogens (tertiary/aromatic N) is 4. The van der Waals surface area contributed by atoms with Gasteiger partial charge in [0.15, 0.2) is 0 Å². The molecule has 0 aliphatic heterocycles. The van der Waals surface area contributed by atoms with Gasteiger partial charge in [-0.15, -0.1) is 11.3 Å². The van der Waals surface area contributed by atoms with Crippen LogP contribution in [0.25, 0.3) is 27.3 Å². The van der Waals surface area contributed by atoms with E-state index < -0.39 is 0 Å². The monoisotopic (exact) mass is 459 g/mol. The molecule has 5 aromatic rings. The maximum atomic E-state index is 13.2. The van der Waals surface area contributed by atoms with Crippen molar-refractivity contribution in [1.29, 1.82) is 0 Å². The maximum Gasteiger partial charge on any atom is 0.268 e. The lowest BCUT2D eigenvalue weighted by Gasteiger charge is -2.11. The van der Waals surface area contributed by atoms with Gasteiger partial charge in [-0.3, -0.25) is 19.0 Å². The van der Waals surface area contributed by atoms with Crippen molar-refractivity contribution in [1.82, 2.24) is 24.3 Å². The van der Waals surface area contributed by atoms with Crippen molar-refractivity contribution in [3.8, 4) is 10.6 Å². The molecule has 0 radical (unpaired) electrons. The largest absolute Gasteiger partial charge is 0.383 e. The molecule has 1 amide bonds. The molecule has 8 nitrogen and oxygen atoms in total. The van der Waals surface area contributed by atoms with Crippen molar-refractivity contribution >= 4 is 33.9 Å². The summed E-state index contributed by atoms with van der Waals surface area (Å²) >= 11 is 1.62. The molecule has 0 saturated carbocycles. The van der Waals surface area contributed by atoms with Gasteiger partial charge in [-0.2, -0.15) is 0 Å². The van der Waals surface area contributed by atoms with Crippen LogP contribution < -0.4 is 10.9 Å². The zero-order valence-corrected chi connectivity index (χ0v) is 18.7. The molecule has 33 heavy (non-hydrogen) atoms. The van der Waals surface area contributed by atoms with Crippen molar-refractivity contribution in [3.05, 3.63) is 87.9 Å². The molecule has 0 fully saturated rings. The Morgan fingerprint density at radius 2 is 2.09 bits per heavy atom. The summed E-state index contributed by atoms with van der Waals surface area (Å²) in [6.07, 6.45) is 3.41. The first kappa shape index (κ1) is 21.0. The zero-order chi connectivity index (χ0) is 22.8. The Hall–Kier alpha value is -3.82. The Bertz CT molecular complexity index is 1500.